The number of nitrogens with one attached hydrogen (secondary N) is 1. The molecule has 1 aliphatic carbocycles. The number of hydrogen-bond acceptors (Lipinski definition) is 3. The molecule has 1 aliphatic rings. The fraction of sp³-hybridized carbons (Fsp3) is 0.381. The van der Waals surface area contributed by atoms with E-state index in [1.165, 1.54) is 30.4 Å². The molecule has 4 nitrogen and oxygen atoms in total. The number of rotatable bonds is 5. The summed E-state index contributed by atoms with van der Waals surface area (Å²) in [4.78, 5) is 12.6. The van der Waals surface area contributed by atoms with Crippen LogP contribution in [0.1, 0.15) is 52.9 Å². The van der Waals surface area contributed by atoms with Crippen LogP contribution in [0.2, 0.25) is 0 Å². The van der Waals surface area contributed by atoms with Crippen molar-refractivity contribution in [3.05, 3.63) is 58.7 Å². The molecule has 1 N–H and O–H groups in total. The number of aryl methyl sites for hydroxylation is 2. The second-order valence-corrected chi connectivity index (χ2v) is 6.53. The minimum atomic E-state index is -0.137. The van der Waals surface area contributed by atoms with Crippen molar-refractivity contribution in [3.63, 3.8) is 0 Å². The van der Waals surface area contributed by atoms with Crippen LogP contribution in [0.3, 0.4) is 0 Å². The van der Waals surface area contributed by atoms with Gasteiger partial charge in [0.05, 0.1) is 20.3 Å². The highest BCUT2D eigenvalue weighted by molar-refractivity contribution is 5.95. The number of methoxy groups -OCH3 is 2. The zero-order valence-corrected chi connectivity index (χ0v) is 15.1. The number of carbonyl (C=O) groups excluding carboxylic acids is 1. The lowest BCUT2D eigenvalue weighted by Gasteiger charge is -2.20. The van der Waals surface area contributed by atoms with Crippen LogP contribution in [0.4, 0.5) is 0 Å². The summed E-state index contributed by atoms with van der Waals surface area (Å²) in [7, 11) is 3.15. The van der Waals surface area contributed by atoms with Gasteiger partial charge in [-0.1, -0.05) is 18.2 Å². The predicted molar refractivity (Wildman–Crippen MR) is 98.5 cm³/mol. The molecular formula is C21H25NO3. The van der Waals surface area contributed by atoms with E-state index in [9.17, 15) is 4.79 Å². The summed E-state index contributed by atoms with van der Waals surface area (Å²) < 4.78 is 10.5. The summed E-state index contributed by atoms with van der Waals surface area (Å²) in [5.74, 6) is 1.07. The molecule has 0 aliphatic heterocycles. The van der Waals surface area contributed by atoms with Gasteiger partial charge in [-0.2, -0.15) is 0 Å². The monoisotopic (exact) mass is 339 g/mol. The molecule has 4 heteroatoms. The Hall–Kier alpha value is -2.49. The van der Waals surface area contributed by atoms with Gasteiger partial charge in [-0.3, -0.25) is 4.79 Å². The molecule has 0 aromatic heterocycles. The van der Waals surface area contributed by atoms with Gasteiger partial charge in [0.1, 0.15) is 11.5 Å². The Labute approximate surface area is 149 Å². The van der Waals surface area contributed by atoms with Crippen molar-refractivity contribution in [2.45, 2.75) is 38.6 Å². The van der Waals surface area contributed by atoms with Crippen molar-refractivity contribution in [1.82, 2.24) is 5.32 Å². The molecule has 0 radical (unpaired) electrons. The summed E-state index contributed by atoms with van der Waals surface area (Å²) in [6.45, 7) is 2.01. The van der Waals surface area contributed by atoms with Gasteiger partial charge in [0.2, 0.25) is 0 Å². The Balaban J connectivity index is 1.76. The minimum Gasteiger partial charge on any atom is -0.497 e. The van der Waals surface area contributed by atoms with E-state index in [1.807, 2.05) is 6.92 Å². The average Bonchev–Trinajstić information content (AvgIpc) is 2.66. The molecule has 2 aromatic carbocycles. The maximum absolute atomic E-state index is 12.6. The predicted octanol–water partition coefficient (Wildman–Crippen LogP) is 4.07. The molecule has 0 bridgehead atoms. The first-order valence-corrected chi connectivity index (χ1v) is 8.76. The lowest BCUT2D eigenvalue weighted by atomic mass is 9.89. The highest BCUT2D eigenvalue weighted by Gasteiger charge is 2.16. The molecule has 0 heterocycles. The number of carbonyl (C=O) groups is 1. The van der Waals surface area contributed by atoms with E-state index in [1.54, 1.807) is 32.4 Å². The van der Waals surface area contributed by atoms with Crippen LogP contribution < -0.4 is 14.8 Å². The standard InChI is InChI=1S/C21H25NO3/c1-14(16-9-8-15-6-4-5-7-17(15)10-16)22-21(23)18-11-19(24-2)13-20(12-18)25-3/h8-14H,4-7H2,1-3H3,(H,22,23)/t14-/m0/s1. The largest absolute Gasteiger partial charge is 0.497 e. The SMILES string of the molecule is COc1cc(OC)cc(C(=O)N[C@@H](C)c2ccc3c(c2)CCCC3)c1. The Morgan fingerprint density at radius 1 is 0.960 bits per heavy atom. The van der Waals surface area contributed by atoms with Crippen molar-refractivity contribution in [1.29, 1.82) is 0 Å². The summed E-state index contributed by atoms with van der Waals surface area (Å²) in [6, 6.07) is 11.7. The molecule has 0 saturated heterocycles. The summed E-state index contributed by atoms with van der Waals surface area (Å²) >= 11 is 0. The molecule has 0 saturated carbocycles. The lowest BCUT2D eigenvalue weighted by molar-refractivity contribution is 0.0939. The quantitative estimate of drug-likeness (QED) is 0.893. The fourth-order valence-electron chi connectivity index (χ4n) is 3.32. The normalized spacial score (nSPS) is 14.4. The second kappa shape index (κ2) is 7.60. The van der Waals surface area contributed by atoms with Crippen molar-refractivity contribution in [3.8, 4) is 11.5 Å². The van der Waals surface area contributed by atoms with Crippen molar-refractivity contribution < 1.29 is 14.3 Å². The van der Waals surface area contributed by atoms with E-state index in [-0.39, 0.29) is 11.9 Å². The molecule has 132 valence electrons. The van der Waals surface area contributed by atoms with E-state index < -0.39 is 0 Å². The number of amides is 1. The highest BCUT2D eigenvalue weighted by Crippen LogP contribution is 2.26. The maximum Gasteiger partial charge on any atom is 0.252 e. The van der Waals surface area contributed by atoms with Gasteiger partial charge >= 0.3 is 0 Å². The third-order valence-electron chi connectivity index (χ3n) is 4.83. The van der Waals surface area contributed by atoms with Gasteiger partial charge < -0.3 is 14.8 Å². The molecule has 1 atom stereocenters. The number of benzene rings is 2. The van der Waals surface area contributed by atoms with Gasteiger partial charge in [-0.15, -0.1) is 0 Å². The van der Waals surface area contributed by atoms with Crippen LogP contribution in [0.5, 0.6) is 11.5 Å². The highest BCUT2D eigenvalue weighted by atomic mass is 16.5. The van der Waals surface area contributed by atoms with Gasteiger partial charge in [0.25, 0.3) is 5.91 Å². The van der Waals surface area contributed by atoms with Gasteiger partial charge in [-0.05, 0) is 61.4 Å². The van der Waals surface area contributed by atoms with Crippen LogP contribution in [-0.2, 0) is 12.8 Å². The minimum absolute atomic E-state index is 0.0584. The summed E-state index contributed by atoms with van der Waals surface area (Å²) in [5.41, 5.74) is 4.55. The number of ether oxygens (including phenoxy) is 2. The smallest absolute Gasteiger partial charge is 0.252 e. The molecular weight excluding hydrogens is 314 g/mol. The van der Waals surface area contributed by atoms with Crippen LogP contribution in [0, 0.1) is 0 Å². The van der Waals surface area contributed by atoms with E-state index in [0.717, 1.165) is 12.0 Å². The van der Waals surface area contributed by atoms with E-state index in [2.05, 4.69) is 23.5 Å². The Kier molecular flexibility index (Phi) is 5.27. The zero-order valence-electron chi connectivity index (χ0n) is 15.1. The molecule has 3 rings (SSSR count). The van der Waals surface area contributed by atoms with Gasteiger partial charge in [-0.25, -0.2) is 0 Å². The van der Waals surface area contributed by atoms with Crippen LogP contribution in [-0.4, -0.2) is 20.1 Å². The van der Waals surface area contributed by atoms with E-state index >= 15 is 0 Å². The number of hydrogen-bond donors (Lipinski definition) is 1. The summed E-state index contributed by atoms with van der Waals surface area (Å²) in [6.07, 6.45) is 4.83. The maximum atomic E-state index is 12.6. The Morgan fingerprint density at radius 2 is 1.60 bits per heavy atom. The van der Waals surface area contributed by atoms with Crippen LogP contribution in [0.15, 0.2) is 36.4 Å². The molecule has 1 amide bonds. The van der Waals surface area contributed by atoms with E-state index in [4.69, 9.17) is 9.47 Å². The number of fused-ring (bicyclic) bond motifs is 1. The molecule has 2 aromatic rings. The average molecular weight is 339 g/mol. The molecule has 25 heavy (non-hydrogen) atoms. The third kappa shape index (κ3) is 3.95. The first kappa shape index (κ1) is 17.3. The third-order valence-corrected chi connectivity index (χ3v) is 4.83. The zero-order chi connectivity index (χ0) is 17.8. The Morgan fingerprint density at radius 3 is 2.24 bits per heavy atom. The van der Waals surface area contributed by atoms with Crippen molar-refractivity contribution >= 4 is 5.91 Å². The molecule has 0 spiro atoms. The molecule has 0 unspecified atom stereocenters. The first-order valence-electron chi connectivity index (χ1n) is 8.76. The van der Waals surface area contributed by atoms with Crippen molar-refractivity contribution in [2.24, 2.45) is 0 Å². The first-order chi connectivity index (χ1) is 12.1. The molecule has 0 fully saturated rings. The topological polar surface area (TPSA) is 47.6 Å². The van der Waals surface area contributed by atoms with Gasteiger partial charge in [0.15, 0.2) is 0 Å². The van der Waals surface area contributed by atoms with Crippen LogP contribution >= 0.6 is 0 Å². The van der Waals surface area contributed by atoms with Crippen LogP contribution in [0.25, 0.3) is 0 Å². The van der Waals surface area contributed by atoms with Crippen molar-refractivity contribution in [2.75, 3.05) is 14.2 Å². The van der Waals surface area contributed by atoms with E-state index in [0.29, 0.717) is 17.1 Å². The fourth-order valence-corrected chi connectivity index (χ4v) is 3.32. The lowest BCUT2D eigenvalue weighted by Crippen LogP contribution is -2.27. The second-order valence-electron chi connectivity index (χ2n) is 6.53. The summed E-state index contributed by atoms with van der Waals surface area (Å²) in [5, 5.41) is 3.07. The van der Waals surface area contributed by atoms with Gasteiger partial charge in [0, 0.05) is 11.6 Å². The Bertz CT molecular complexity index is 747.